The first kappa shape index (κ1) is 21.0. The minimum atomic E-state index is 0. The summed E-state index contributed by atoms with van der Waals surface area (Å²) in [6.45, 7) is 6.07. The number of nitrogens with one attached hydrogen (secondary N) is 2. The monoisotopic (exact) mass is 485 g/mol. The van der Waals surface area contributed by atoms with Crippen molar-refractivity contribution in [2.75, 3.05) is 25.0 Å². The number of hydrogen-bond donors (Lipinski definition) is 2. The molecule has 7 heteroatoms. The normalized spacial score (nSPS) is 15.5. The summed E-state index contributed by atoms with van der Waals surface area (Å²) in [5.74, 6) is 2.74. The summed E-state index contributed by atoms with van der Waals surface area (Å²) in [4.78, 5) is 11.3. The Morgan fingerprint density at radius 1 is 1.19 bits per heavy atom. The van der Waals surface area contributed by atoms with Crippen LogP contribution in [0.4, 0.5) is 5.82 Å². The molecule has 2 N–H and O–H groups in total. The average molecular weight is 485 g/mol. The van der Waals surface area contributed by atoms with Crippen LogP contribution in [0.25, 0.3) is 0 Å². The van der Waals surface area contributed by atoms with Crippen LogP contribution in [0.15, 0.2) is 40.1 Å². The van der Waals surface area contributed by atoms with Crippen molar-refractivity contribution in [3.63, 3.8) is 0 Å². The molecular weight excluding hydrogens is 457 g/mol. The molecule has 2 aromatic heterocycles. The number of aliphatic imine (C=N–C) groups is 1. The molecule has 2 aromatic rings. The number of anilines is 1. The molecule has 0 unspecified atom stereocenters. The third kappa shape index (κ3) is 6.12. The maximum atomic E-state index is 4.64. The molecule has 1 aliphatic heterocycles. The Morgan fingerprint density at radius 2 is 1.92 bits per heavy atom. The van der Waals surface area contributed by atoms with Crippen molar-refractivity contribution in [2.24, 2.45) is 10.9 Å². The highest BCUT2D eigenvalue weighted by Crippen LogP contribution is 2.21. The molecule has 26 heavy (non-hydrogen) atoms. The molecular formula is C19H28IN5S. The van der Waals surface area contributed by atoms with Gasteiger partial charge in [0.05, 0.1) is 0 Å². The zero-order valence-electron chi connectivity index (χ0n) is 15.4. The minimum Gasteiger partial charge on any atom is -0.357 e. The fourth-order valence-electron chi connectivity index (χ4n) is 2.93. The molecule has 0 amide bonds. The van der Waals surface area contributed by atoms with E-state index in [0.717, 1.165) is 42.9 Å². The van der Waals surface area contributed by atoms with E-state index in [4.69, 9.17) is 0 Å². The van der Waals surface area contributed by atoms with Gasteiger partial charge < -0.3 is 15.5 Å². The highest BCUT2D eigenvalue weighted by Gasteiger charge is 2.16. The number of aromatic nitrogens is 1. The topological polar surface area (TPSA) is 52.6 Å². The first-order valence-electron chi connectivity index (χ1n) is 8.90. The van der Waals surface area contributed by atoms with Crippen molar-refractivity contribution in [1.82, 2.24) is 15.6 Å². The van der Waals surface area contributed by atoms with Gasteiger partial charge in [0, 0.05) is 39.4 Å². The first-order valence-corrected chi connectivity index (χ1v) is 9.84. The molecule has 3 heterocycles. The number of piperidine rings is 1. The molecule has 0 saturated carbocycles. The largest absolute Gasteiger partial charge is 0.357 e. The highest BCUT2D eigenvalue weighted by molar-refractivity contribution is 14.0. The minimum absolute atomic E-state index is 0. The van der Waals surface area contributed by atoms with Crippen LogP contribution in [0.1, 0.15) is 30.9 Å². The fourth-order valence-corrected chi connectivity index (χ4v) is 3.60. The van der Waals surface area contributed by atoms with Crippen molar-refractivity contribution < 1.29 is 0 Å². The summed E-state index contributed by atoms with van der Waals surface area (Å²) in [6, 6.07) is 6.41. The standard InChI is InChI=1S/C19H27N5S.HI/c1-15-5-8-24(9-6-15)18-4-3-16(11-21-18)12-22-19(20-2)23-13-17-7-10-25-14-17;/h3-4,7,10-11,14-15H,5-6,8-9,12-13H2,1-2H3,(H2,20,22,23);1H. The number of guanidine groups is 1. The van der Waals surface area contributed by atoms with E-state index in [9.17, 15) is 0 Å². The number of nitrogens with zero attached hydrogens (tertiary/aromatic N) is 3. The smallest absolute Gasteiger partial charge is 0.191 e. The van der Waals surface area contributed by atoms with E-state index in [1.54, 1.807) is 18.4 Å². The molecule has 0 aromatic carbocycles. The van der Waals surface area contributed by atoms with Crippen LogP contribution in [0, 0.1) is 5.92 Å². The van der Waals surface area contributed by atoms with Gasteiger partial charge in [-0.05, 0) is 52.8 Å². The molecule has 0 bridgehead atoms. The molecule has 1 fully saturated rings. The third-order valence-electron chi connectivity index (χ3n) is 4.64. The maximum Gasteiger partial charge on any atom is 0.191 e. The summed E-state index contributed by atoms with van der Waals surface area (Å²) < 4.78 is 0. The Labute approximate surface area is 177 Å². The molecule has 1 saturated heterocycles. The van der Waals surface area contributed by atoms with Crippen LogP contribution < -0.4 is 15.5 Å². The number of hydrogen-bond acceptors (Lipinski definition) is 4. The lowest BCUT2D eigenvalue weighted by atomic mass is 9.99. The summed E-state index contributed by atoms with van der Waals surface area (Å²) in [7, 11) is 1.79. The Kier molecular flexibility index (Phi) is 8.64. The van der Waals surface area contributed by atoms with Crippen LogP contribution in [-0.2, 0) is 13.1 Å². The SMILES string of the molecule is CN=C(NCc1ccc(N2CCC(C)CC2)nc1)NCc1ccsc1.I. The molecule has 142 valence electrons. The second kappa shape index (κ2) is 10.7. The van der Waals surface area contributed by atoms with E-state index in [2.05, 4.69) is 61.4 Å². The molecule has 0 atom stereocenters. The van der Waals surface area contributed by atoms with Crippen LogP contribution in [0.5, 0.6) is 0 Å². The second-order valence-corrected chi connectivity index (χ2v) is 7.39. The lowest BCUT2D eigenvalue weighted by Gasteiger charge is -2.31. The van der Waals surface area contributed by atoms with Crippen molar-refractivity contribution in [2.45, 2.75) is 32.9 Å². The Balaban J connectivity index is 0.00000243. The average Bonchev–Trinajstić information content (AvgIpc) is 3.17. The Bertz CT molecular complexity index is 664. The van der Waals surface area contributed by atoms with Gasteiger partial charge in [-0.3, -0.25) is 4.99 Å². The highest BCUT2D eigenvalue weighted by atomic mass is 127. The van der Waals surface area contributed by atoms with Crippen molar-refractivity contribution >= 4 is 47.1 Å². The lowest BCUT2D eigenvalue weighted by Crippen LogP contribution is -2.36. The maximum absolute atomic E-state index is 4.64. The number of thiophene rings is 1. The van der Waals surface area contributed by atoms with Crippen molar-refractivity contribution in [3.05, 3.63) is 46.3 Å². The number of pyridine rings is 1. The van der Waals surface area contributed by atoms with Crippen molar-refractivity contribution in [1.29, 1.82) is 0 Å². The molecule has 3 rings (SSSR count). The lowest BCUT2D eigenvalue weighted by molar-refractivity contribution is 0.436. The van der Waals surface area contributed by atoms with E-state index in [-0.39, 0.29) is 24.0 Å². The van der Waals surface area contributed by atoms with Crippen LogP contribution in [0.2, 0.25) is 0 Å². The van der Waals surface area contributed by atoms with Gasteiger partial charge in [-0.1, -0.05) is 13.0 Å². The quantitative estimate of drug-likeness (QED) is 0.384. The Morgan fingerprint density at radius 3 is 2.50 bits per heavy atom. The summed E-state index contributed by atoms with van der Waals surface area (Å²) in [5, 5.41) is 10.9. The van der Waals surface area contributed by atoms with Gasteiger partial charge in [0.1, 0.15) is 5.82 Å². The fraction of sp³-hybridized carbons (Fsp3) is 0.474. The van der Waals surface area contributed by atoms with Crippen LogP contribution >= 0.6 is 35.3 Å². The van der Waals surface area contributed by atoms with E-state index in [1.165, 1.54) is 18.4 Å². The second-order valence-electron chi connectivity index (χ2n) is 6.61. The van der Waals surface area contributed by atoms with Gasteiger partial charge in [0.15, 0.2) is 5.96 Å². The van der Waals surface area contributed by atoms with Crippen LogP contribution in [-0.4, -0.2) is 31.1 Å². The predicted octanol–water partition coefficient (Wildman–Crippen LogP) is 3.86. The van der Waals surface area contributed by atoms with Gasteiger partial charge in [-0.15, -0.1) is 24.0 Å². The molecule has 1 aliphatic rings. The summed E-state index contributed by atoms with van der Waals surface area (Å²) in [5.41, 5.74) is 2.43. The summed E-state index contributed by atoms with van der Waals surface area (Å²) >= 11 is 1.71. The molecule has 0 spiro atoms. The van der Waals surface area contributed by atoms with Gasteiger partial charge in [-0.2, -0.15) is 11.3 Å². The van der Waals surface area contributed by atoms with Gasteiger partial charge >= 0.3 is 0 Å². The third-order valence-corrected chi connectivity index (χ3v) is 5.37. The summed E-state index contributed by atoms with van der Waals surface area (Å²) in [6.07, 6.45) is 4.49. The molecule has 0 aliphatic carbocycles. The van der Waals surface area contributed by atoms with E-state index >= 15 is 0 Å². The molecule has 0 radical (unpaired) electrons. The Hall–Kier alpha value is -1.35. The zero-order valence-corrected chi connectivity index (χ0v) is 18.6. The predicted molar refractivity (Wildman–Crippen MR) is 122 cm³/mol. The number of halogens is 1. The van der Waals surface area contributed by atoms with Crippen molar-refractivity contribution in [3.8, 4) is 0 Å². The van der Waals surface area contributed by atoms with Gasteiger partial charge in [0.25, 0.3) is 0 Å². The van der Waals surface area contributed by atoms with Crippen LogP contribution in [0.3, 0.4) is 0 Å². The van der Waals surface area contributed by atoms with E-state index in [0.29, 0.717) is 6.54 Å². The van der Waals surface area contributed by atoms with E-state index in [1.807, 2.05) is 6.20 Å². The zero-order chi connectivity index (χ0) is 17.5. The first-order chi connectivity index (χ1) is 12.2. The van der Waals surface area contributed by atoms with Gasteiger partial charge in [0.2, 0.25) is 0 Å². The number of rotatable bonds is 5. The molecule has 5 nitrogen and oxygen atoms in total. The van der Waals surface area contributed by atoms with E-state index < -0.39 is 0 Å². The van der Waals surface area contributed by atoms with Gasteiger partial charge in [-0.25, -0.2) is 4.98 Å².